The number of nitrogens with two attached hydrogens (primary N) is 2. The number of morpholine rings is 1. The monoisotopic (exact) mass is 500 g/mol. The predicted molar refractivity (Wildman–Crippen MR) is 122 cm³/mol. The van der Waals surface area contributed by atoms with Gasteiger partial charge < -0.3 is 25.7 Å². The normalized spacial score (nSPS) is 14.1. The summed E-state index contributed by atoms with van der Waals surface area (Å²) < 4.78 is 21.7. The van der Waals surface area contributed by atoms with Gasteiger partial charge in [-0.3, -0.25) is 14.5 Å². The topological polar surface area (TPSA) is 211 Å². The van der Waals surface area contributed by atoms with Gasteiger partial charge in [0.15, 0.2) is 23.8 Å². The lowest BCUT2D eigenvalue weighted by molar-refractivity contribution is -0.119. The fourth-order valence-corrected chi connectivity index (χ4v) is 3.35. The lowest BCUT2D eigenvalue weighted by Crippen LogP contribution is -2.36. The highest BCUT2D eigenvalue weighted by Gasteiger charge is 2.26. The van der Waals surface area contributed by atoms with Gasteiger partial charge in [0.05, 0.1) is 26.5 Å². The maximum absolute atomic E-state index is 13.1. The highest BCUT2D eigenvalue weighted by atomic mass is 16.6. The second-order valence-electron chi connectivity index (χ2n) is 7.52. The lowest BCUT2D eigenvalue weighted by Gasteiger charge is -2.25. The van der Waals surface area contributed by atoms with Gasteiger partial charge in [-0.2, -0.15) is 9.78 Å². The summed E-state index contributed by atoms with van der Waals surface area (Å²) in [5.41, 5.74) is 14.4. The Balaban J connectivity index is 1.52. The number of benzene rings is 1. The van der Waals surface area contributed by atoms with Crippen molar-refractivity contribution in [2.24, 2.45) is 10.8 Å². The Kier molecular flexibility index (Phi) is 7.66. The number of hydrazone groups is 1. The van der Waals surface area contributed by atoms with Crippen LogP contribution in [0.3, 0.4) is 0 Å². The second kappa shape index (κ2) is 11.2. The summed E-state index contributed by atoms with van der Waals surface area (Å²) >= 11 is 0. The number of carbonyl (C=O) groups is 2. The minimum absolute atomic E-state index is 0.0288. The Morgan fingerprint density at radius 2 is 2.06 bits per heavy atom. The van der Waals surface area contributed by atoms with Crippen LogP contribution in [0, 0.1) is 0 Å². The van der Waals surface area contributed by atoms with Crippen LogP contribution in [0.25, 0.3) is 5.82 Å². The molecule has 16 nitrogen and oxygen atoms in total. The number of carbonyl (C=O) groups excluding carboxylic acids is 2. The Hall–Kier alpha value is -4.57. The number of anilines is 1. The molecule has 0 atom stereocenters. The molecule has 0 aliphatic carbocycles. The number of primary amides is 1. The molecule has 1 aliphatic rings. The van der Waals surface area contributed by atoms with E-state index in [1.807, 2.05) is 0 Å². The van der Waals surface area contributed by atoms with E-state index in [0.717, 1.165) is 4.68 Å². The van der Waals surface area contributed by atoms with Crippen molar-refractivity contribution >= 4 is 23.8 Å². The molecule has 0 spiro atoms. The molecule has 0 bridgehead atoms. The van der Waals surface area contributed by atoms with Gasteiger partial charge in [0.25, 0.3) is 11.8 Å². The number of rotatable bonds is 10. The highest BCUT2D eigenvalue weighted by Crippen LogP contribution is 2.27. The number of amides is 2. The van der Waals surface area contributed by atoms with Crippen LogP contribution in [0.2, 0.25) is 0 Å². The molecule has 1 aromatic carbocycles. The maximum Gasteiger partial charge on any atom is 0.292 e. The van der Waals surface area contributed by atoms with Crippen LogP contribution in [0.5, 0.6) is 11.5 Å². The summed E-state index contributed by atoms with van der Waals surface area (Å²) in [6.45, 7) is 2.58. The molecule has 0 saturated carbocycles. The van der Waals surface area contributed by atoms with E-state index in [9.17, 15) is 9.59 Å². The Labute approximate surface area is 204 Å². The molecule has 1 fully saturated rings. The molecule has 1 aliphatic heterocycles. The number of hydrogen-bond acceptors (Lipinski definition) is 13. The summed E-state index contributed by atoms with van der Waals surface area (Å²) in [7, 11) is 1.45. The van der Waals surface area contributed by atoms with Crippen LogP contribution in [0.15, 0.2) is 27.9 Å². The van der Waals surface area contributed by atoms with E-state index in [-0.39, 0.29) is 23.9 Å². The van der Waals surface area contributed by atoms with E-state index in [2.05, 4.69) is 40.7 Å². The molecule has 16 heteroatoms. The molecular formula is C20H24N10O6. The molecule has 36 heavy (non-hydrogen) atoms. The first-order valence-corrected chi connectivity index (χ1v) is 10.7. The number of nitrogen functional groups attached to an aromatic ring is 1. The Morgan fingerprint density at radius 3 is 2.75 bits per heavy atom. The van der Waals surface area contributed by atoms with E-state index >= 15 is 0 Å². The predicted octanol–water partition coefficient (Wildman–Crippen LogP) is -1.30. The van der Waals surface area contributed by atoms with Crippen molar-refractivity contribution in [1.29, 1.82) is 0 Å². The summed E-state index contributed by atoms with van der Waals surface area (Å²) in [5, 5.41) is 19.4. The zero-order valence-corrected chi connectivity index (χ0v) is 19.3. The Morgan fingerprint density at radius 1 is 1.25 bits per heavy atom. The third-order valence-electron chi connectivity index (χ3n) is 5.07. The van der Waals surface area contributed by atoms with E-state index in [0.29, 0.717) is 55.6 Å². The van der Waals surface area contributed by atoms with Crippen molar-refractivity contribution < 1.29 is 28.4 Å². The highest BCUT2D eigenvalue weighted by molar-refractivity contribution is 5.95. The Bertz CT molecular complexity index is 1250. The third-order valence-corrected chi connectivity index (χ3v) is 5.07. The zero-order chi connectivity index (χ0) is 25.5. The maximum atomic E-state index is 13.1. The van der Waals surface area contributed by atoms with Crippen molar-refractivity contribution in [2.45, 2.75) is 6.54 Å². The van der Waals surface area contributed by atoms with Gasteiger partial charge in [-0.05, 0) is 34.1 Å². The first-order valence-electron chi connectivity index (χ1n) is 10.7. The standard InChI is InChI=1S/C20H24N10O6/c1-33-15-8-12(2-3-14(15)35-11-16(21)31)9-23-25-20(32)17-13(10-29-4-6-34-7-5-29)24-28-30(17)19-18(22)26-36-27-19/h2-3,8-9H,4-7,10-11H2,1H3,(H2,21,31)(H2,22,26)(H,25,32)/b23-9+. The fourth-order valence-electron chi connectivity index (χ4n) is 3.35. The first kappa shape index (κ1) is 24.6. The van der Waals surface area contributed by atoms with Gasteiger partial charge in [0.1, 0.15) is 5.69 Å². The summed E-state index contributed by atoms with van der Waals surface area (Å²) in [5.74, 6) is -0.553. The molecule has 3 aromatic rings. The van der Waals surface area contributed by atoms with E-state index < -0.39 is 11.8 Å². The second-order valence-corrected chi connectivity index (χ2v) is 7.52. The van der Waals surface area contributed by atoms with Crippen LogP contribution in [-0.4, -0.2) is 88.3 Å². The SMILES string of the molecule is COc1cc(/C=N/NC(=O)c2c(CN3CCOCC3)nnn2-c2nonc2N)ccc1OCC(N)=O. The first-order chi connectivity index (χ1) is 17.5. The summed E-state index contributed by atoms with van der Waals surface area (Å²) in [6.07, 6.45) is 1.40. The van der Waals surface area contributed by atoms with Crippen molar-refractivity contribution in [1.82, 2.24) is 35.6 Å². The molecular weight excluding hydrogens is 476 g/mol. The third kappa shape index (κ3) is 5.73. The van der Waals surface area contributed by atoms with Crippen molar-refractivity contribution in [3.8, 4) is 17.3 Å². The van der Waals surface area contributed by atoms with Gasteiger partial charge in [0.2, 0.25) is 11.6 Å². The number of nitrogens with one attached hydrogen (secondary N) is 1. The number of methoxy groups -OCH3 is 1. The minimum atomic E-state index is -0.615. The molecule has 0 radical (unpaired) electrons. The van der Waals surface area contributed by atoms with Gasteiger partial charge in [-0.15, -0.1) is 5.10 Å². The quantitative estimate of drug-likeness (QED) is 0.219. The number of nitrogens with zero attached hydrogens (tertiary/aromatic N) is 7. The molecule has 2 amide bonds. The number of aromatic nitrogens is 5. The molecule has 5 N–H and O–H groups in total. The molecule has 0 unspecified atom stereocenters. The summed E-state index contributed by atoms with van der Waals surface area (Å²) in [6, 6.07) is 4.86. The van der Waals surface area contributed by atoms with Crippen LogP contribution in [-0.2, 0) is 16.1 Å². The average molecular weight is 500 g/mol. The fraction of sp³-hybridized carbons (Fsp3) is 0.350. The molecule has 3 heterocycles. The van der Waals surface area contributed by atoms with Gasteiger partial charge >= 0.3 is 0 Å². The summed E-state index contributed by atoms with van der Waals surface area (Å²) in [4.78, 5) is 26.2. The van der Waals surface area contributed by atoms with Gasteiger partial charge in [-0.1, -0.05) is 5.21 Å². The molecule has 4 rings (SSSR count). The largest absolute Gasteiger partial charge is 0.493 e. The number of ether oxygens (including phenoxy) is 3. The average Bonchev–Trinajstić information content (AvgIpc) is 3.49. The van der Waals surface area contributed by atoms with Crippen LogP contribution in [0.1, 0.15) is 21.7 Å². The molecule has 1 saturated heterocycles. The van der Waals surface area contributed by atoms with E-state index in [1.54, 1.807) is 18.2 Å². The molecule has 190 valence electrons. The van der Waals surface area contributed by atoms with Crippen molar-refractivity contribution in [3.63, 3.8) is 0 Å². The van der Waals surface area contributed by atoms with Gasteiger partial charge in [-0.25, -0.2) is 10.1 Å². The minimum Gasteiger partial charge on any atom is -0.493 e. The van der Waals surface area contributed by atoms with Crippen molar-refractivity contribution in [2.75, 3.05) is 45.8 Å². The van der Waals surface area contributed by atoms with Gasteiger partial charge in [0, 0.05) is 19.6 Å². The van der Waals surface area contributed by atoms with E-state index in [4.69, 9.17) is 25.7 Å². The van der Waals surface area contributed by atoms with Crippen molar-refractivity contribution in [3.05, 3.63) is 35.2 Å². The van der Waals surface area contributed by atoms with Crippen LogP contribution in [0.4, 0.5) is 5.82 Å². The van der Waals surface area contributed by atoms with Crippen LogP contribution >= 0.6 is 0 Å². The zero-order valence-electron chi connectivity index (χ0n) is 19.3. The van der Waals surface area contributed by atoms with Crippen LogP contribution < -0.4 is 26.4 Å². The van der Waals surface area contributed by atoms with E-state index in [1.165, 1.54) is 13.3 Å². The lowest BCUT2D eigenvalue weighted by atomic mass is 10.2. The smallest absolute Gasteiger partial charge is 0.292 e. The molecule has 2 aromatic heterocycles. The number of hydrogen-bond donors (Lipinski definition) is 3.